The lowest BCUT2D eigenvalue weighted by Gasteiger charge is -2.20. The summed E-state index contributed by atoms with van der Waals surface area (Å²) in [5.74, 6) is 0. The second-order valence-corrected chi connectivity index (χ2v) is 3.30. The summed E-state index contributed by atoms with van der Waals surface area (Å²) in [5, 5.41) is 10.5. The molecule has 1 amide bonds. The van der Waals surface area contributed by atoms with E-state index in [1.807, 2.05) is 6.92 Å². The second-order valence-electron chi connectivity index (χ2n) is 3.30. The van der Waals surface area contributed by atoms with E-state index in [2.05, 4.69) is 0 Å². The molecule has 15 heavy (non-hydrogen) atoms. The first-order chi connectivity index (χ1) is 7.06. The molecule has 5 nitrogen and oxygen atoms in total. The molecule has 1 atom stereocenters. The maximum Gasteiger partial charge on any atom is 0.269 e. The molecule has 1 aromatic carbocycles. The number of non-ortho nitro benzene ring substituents is 1. The lowest BCUT2D eigenvalue weighted by molar-refractivity contribution is -0.384. The lowest BCUT2D eigenvalue weighted by Crippen LogP contribution is -2.20. The number of benzene rings is 1. The van der Waals surface area contributed by atoms with Crippen LogP contribution in [0.15, 0.2) is 24.3 Å². The predicted octanol–water partition coefficient (Wildman–Crippen LogP) is 1.74. The molecule has 1 rings (SSSR count). The monoisotopic (exact) mass is 208 g/mol. The first kappa shape index (κ1) is 11.2. The van der Waals surface area contributed by atoms with Gasteiger partial charge in [-0.05, 0) is 12.5 Å². The maximum absolute atomic E-state index is 10.5. The molecule has 1 unspecified atom stereocenters. The van der Waals surface area contributed by atoms with Crippen LogP contribution in [0.5, 0.6) is 0 Å². The molecule has 0 N–H and O–H groups in total. The van der Waals surface area contributed by atoms with Crippen molar-refractivity contribution < 1.29 is 9.72 Å². The second kappa shape index (κ2) is 4.54. The van der Waals surface area contributed by atoms with Crippen LogP contribution in [0, 0.1) is 10.1 Å². The van der Waals surface area contributed by atoms with Gasteiger partial charge in [0.05, 0.1) is 11.0 Å². The molecule has 0 aliphatic rings. The third kappa shape index (κ3) is 2.52. The van der Waals surface area contributed by atoms with Crippen LogP contribution in [0.2, 0.25) is 0 Å². The van der Waals surface area contributed by atoms with Crippen molar-refractivity contribution in [2.45, 2.75) is 13.0 Å². The van der Waals surface area contributed by atoms with E-state index < -0.39 is 4.92 Å². The number of nitro benzene ring substituents is 1. The summed E-state index contributed by atoms with van der Waals surface area (Å²) in [5.41, 5.74) is 0.789. The maximum atomic E-state index is 10.5. The first-order valence-corrected chi connectivity index (χ1v) is 4.48. The van der Waals surface area contributed by atoms with E-state index in [4.69, 9.17) is 0 Å². The molecule has 5 heteroatoms. The smallest absolute Gasteiger partial charge is 0.269 e. The van der Waals surface area contributed by atoms with Gasteiger partial charge in [0.25, 0.3) is 5.69 Å². The summed E-state index contributed by atoms with van der Waals surface area (Å²) >= 11 is 0. The van der Waals surface area contributed by atoms with Crippen LogP contribution in [0.4, 0.5) is 5.69 Å². The Labute approximate surface area is 87.5 Å². The van der Waals surface area contributed by atoms with Gasteiger partial charge >= 0.3 is 0 Å². The van der Waals surface area contributed by atoms with E-state index in [0.717, 1.165) is 5.56 Å². The van der Waals surface area contributed by atoms with Crippen molar-refractivity contribution in [2.24, 2.45) is 0 Å². The van der Waals surface area contributed by atoms with E-state index in [0.29, 0.717) is 6.41 Å². The Morgan fingerprint density at radius 2 is 2.20 bits per heavy atom. The van der Waals surface area contributed by atoms with Gasteiger partial charge in [-0.15, -0.1) is 0 Å². The zero-order chi connectivity index (χ0) is 11.4. The fraction of sp³-hybridized carbons (Fsp3) is 0.300. The fourth-order valence-corrected chi connectivity index (χ4v) is 1.22. The average Bonchev–Trinajstić information content (AvgIpc) is 2.27. The number of amides is 1. The van der Waals surface area contributed by atoms with Crippen LogP contribution in [0.3, 0.4) is 0 Å². The summed E-state index contributed by atoms with van der Waals surface area (Å²) in [6.45, 7) is 1.81. The number of nitro groups is 1. The highest BCUT2D eigenvalue weighted by molar-refractivity contribution is 5.48. The van der Waals surface area contributed by atoms with Gasteiger partial charge in [0.1, 0.15) is 0 Å². The van der Waals surface area contributed by atoms with Crippen molar-refractivity contribution in [2.75, 3.05) is 7.05 Å². The van der Waals surface area contributed by atoms with Gasteiger partial charge in [-0.25, -0.2) is 0 Å². The zero-order valence-corrected chi connectivity index (χ0v) is 8.58. The number of carbonyl (C=O) groups is 1. The van der Waals surface area contributed by atoms with Crippen LogP contribution in [0.25, 0.3) is 0 Å². The number of hydrogen-bond acceptors (Lipinski definition) is 3. The van der Waals surface area contributed by atoms with Crippen LogP contribution in [0.1, 0.15) is 18.5 Å². The lowest BCUT2D eigenvalue weighted by atomic mass is 10.1. The van der Waals surface area contributed by atoms with Crippen molar-refractivity contribution in [1.82, 2.24) is 4.90 Å². The van der Waals surface area contributed by atoms with Crippen molar-refractivity contribution in [3.8, 4) is 0 Å². The normalized spacial score (nSPS) is 11.9. The molecule has 0 heterocycles. The Bertz CT molecular complexity index is 379. The minimum absolute atomic E-state index is 0.0404. The van der Waals surface area contributed by atoms with E-state index in [1.165, 1.54) is 17.0 Å². The molecule has 0 radical (unpaired) electrons. The largest absolute Gasteiger partial charge is 0.342 e. The van der Waals surface area contributed by atoms with Gasteiger partial charge in [-0.2, -0.15) is 0 Å². The van der Waals surface area contributed by atoms with Gasteiger partial charge in [0.2, 0.25) is 6.41 Å². The highest BCUT2D eigenvalue weighted by atomic mass is 16.6. The van der Waals surface area contributed by atoms with Crippen LogP contribution < -0.4 is 0 Å². The Hall–Kier alpha value is -1.91. The SMILES string of the molecule is CC(c1cccc([N+](=O)[O-])c1)N(C)C=O. The van der Waals surface area contributed by atoms with Gasteiger partial charge in [-0.1, -0.05) is 12.1 Å². The third-order valence-corrected chi connectivity index (χ3v) is 2.34. The summed E-state index contributed by atoms with van der Waals surface area (Å²) < 4.78 is 0. The molecule has 0 aliphatic carbocycles. The van der Waals surface area contributed by atoms with E-state index in [-0.39, 0.29) is 11.7 Å². The molecule has 0 aliphatic heterocycles. The fourth-order valence-electron chi connectivity index (χ4n) is 1.22. The van der Waals surface area contributed by atoms with Crippen molar-refractivity contribution in [3.63, 3.8) is 0 Å². The summed E-state index contributed by atoms with van der Waals surface area (Å²) in [6, 6.07) is 6.12. The third-order valence-electron chi connectivity index (χ3n) is 2.34. The number of hydrogen-bond donors (Lipinski definition) is 0. The summed E-state index contributed by atoms with van der Waals surface area (Å²) in [4.78, 5) is 22.1. The van der Waals surface area contributed by atoms with Crippen LogP contribution >= 0.6 is 0 Å². The Kier molecular flexibility index (Phi) is 3.38. The molecule has 0 saturated heterocycles. The van der Waals surface area contributed by atoms with E-state index in [1.54, 1.807) is 19.2 Å². The highest BCUT2D eigenvalue weighted by Gasteiger charge is 2.13. The minimum atomic E-state index is -0.447. The van der Waals surface area contributed by atoms with Gasteiger partial charge < -0.3 is 4.90 Å². The Morgan fingerprint density at radius 3 is 2.73 bits per heavy atom. The molecule has 0 fully saturated rings. The predicted molar refractivity (Wildman–Crippen MR) is 55.3 cm³/mol. The van der Waals surface area contributed by atoms with Crippen molar-refractivity contribution in [1.29, 1.82) is 0 Å². The van der Waals surface area contributed by atoms with Crippen molar-refractivity contribution >= 4 is 12.1 Å². The molecule has 80 valence electrons. The first-order valence-electron chi connectivity index (χ1n) is 4.48. The summed E-state index contributed by atoms with van der Waals surface area (Å²) in [6.07, 6.45) is 0.698. The van der Waals surface area contributed by atoms with Crippen molar-refractivity contribution in [3.05, 3.63) is 39.9 Å². The summed E-state index contributed by atoms with van der Waals surface area (Å²) in [7, 11) is 1.64. The molecule has 0 aromatic heterocycles. The standard InChI is InChI=1S/C10H12N2O3/c1-8(11(2)7-13)9-4-3-5-10(6-9)12(14)15/h3-8H,1-2H3. The molecular weight excluding hydrogens is 196 g/mol. The van der Waals surface area contributed by atoms with Gasteiger partial charge in [0.15, 0.2) is 0 Å². The highest BCUT2D eigenvalue weighted by Crippen LogP contribution is 2.21. The molecule has 0 spiro atoms. The Balaban J connectivity index is 2.99. The number of rotatable bonds is 4. The van der Waals surface area contributed by atoms with Gasteiger partial charge in [0, 0.05) is 19.2 Å². The molecular formula is C10H12N2O3. The number of nitrogens with zero attached hydrogens (tertiary/aromatic N) is 2. The average molecular weight is 208 g/mol. The van der Waals surface area contributed by atoms with E-state index >= 15 is 0 Å². The minimum Gasteiger partial charge on any atom is -0.342 e. The van der Waals surface area contributed by atoms with E-state index in [9.17, 15) is 14.9 Å². The quantitative estimate of drug-likeness (QED) is 0.430. The van der Waals surface area contributed by atoms with Crippen LogP contribution in [-0.2, 0) is 4.79 Å². The Morgan fingerprint density at radius 1 is 1.53 bits per heavy atom. The molecule has 0 saturated carbocycles. The zero-order valence-electron chi connectivity index (χ0n) is 8.58. The number of carbonyl (C=O) groups excluding carboxylic acids is 1. The van der Waals surface area contributed by atoms with Crippen LogP contribution in [-0.4, -0.2) is 23.3 Å². The topological polar surface area (TPSA) is 63.5 Å². The van der Waals surface area contributed by atoms with Gasteiger partial charge in [-0.3, -0.25) is 14.9 Å². The molecule has 0 bridgehead atoms. The molecule has 1 aromatic rings.